The first-order valence-corrected chi connectivity index (χ1v) is 8.05. The quantitative estimate of drug-likeness (QED) is 0.542. The summed E-state index contributed by atoms with van der Waals surface area (Å²) in [7, 11) is 1.68. The van der Waals surface area contributed by atoms with Crippen LogP contribution in [0.2, 0.25) is 0 Å². The number of hydrogen-bond acceptors (Lipinski definition) is 2. The van der Waals surface area contributed by atoms with Gasteiger partial charge in [-0.15, -0.1) is 11.3 Å². The summed E-state index contributed by atoms with van der Waals surface area (Å²) in [6.07, 6.45) is 8.36. The number of hydrogen-bond donors (Lipinski definition) is 0. The van der Waals surface area contributed by atoms with Gasteiger partial charge in [0.05, 0.1) is 7.11 Å². The molecule has 1 aromatic heterocycles. The summed E-state index contributed by atoms with van der Waals surface area (Å²) in [4.78, 5) is 1.36. The highest BCUT2D eigenvalue weighted by atomic mass is 32.1. The number of ether oxygens (including phenoxy) is 1. The summed E-state index contributed by atoms with van der Waals surface area (Å²) in [6, 6.07) is 16.8. The van der Waals surface area contributed by atoms with E-state index in [9.17, 15) is 0 Å². The minimum absolute atomic E-state index is 0.882. The van der Waals surface area contributed by atoms with Crippen LogP contribution in [0.4, 0.5) is 0 Å². The highest BCUT2D eigenvalue weighted by Gasteiger charge is 1.97. The van der Waals surface area contributed by atoms with Gasteiger partial charge in [-0.1, -0.05) is 48.6 Å². The molecule has 2 heteroatoms. The van der Waals surface area contributed by atoms with Crippen LogP contribution in [0.3, 0.4) is 0 Å². The number of aryl methyl sites for hydroxylation is 1. The minimum atomic E-state index is 0.882. The molecule has 0 bridgehead atoms. The molecule has 2 aromatic carbocycles. The van der Waals surface area contributed by atoms with E-state index in [2.05, 4.69) is 55.5 Å². The molecule has 1 heterocycles. The average molecular weight is 306 g/mol. The van der Waals surface area contributed by atoms with Gasteiger partial charge in [0.15, 0.2) is 0 Å². The van der Waals surface area contributed by atoms with E-state index in [0.717, 1.165) is 11.3 Å². The molecule has 1 nitrogen and oxygen atoms in total. The Hall–Kier alpha value is -2.32. The second-order valence-electron chi connectivity index (χ2n) is 5.15. The first-order valence-electron chi connectivity index (χ1n) is 7.23. The van der Waals surface area contributed by atoms with Crippen molar-refractivity contribution in [3.63, 3.8) is 0 Å². The van der Waals surface area contributed by atoms with Gasteiger partial charge in [0, 0.05) is 9.58 Å². The van der Waals surface area contributed by atoms with Crippen molar-refractivity contribution in [3.05, 3.63) is 76.7 Å². The molecular formula is C20H18OS. The van der Waals surface area contributed by atoms with E-state index >= 15 is 0 Å². The Bertz CT molecular complexity index is 823. The summed E-state index contributed by atoms with van der Waals surface area (Å²) < 4.78 is 6.50. The number of methoxy groups -OCH3 is 1. The molecule has 0 radical (unpaired) electrons. The molecule has 0 fully saturated rings. The van der Waals surface area contributed by atoms with Crippen LogP contribution in [0.5, 0.6) is 5.75 Å². The summed E-state index contributed by atoms with van der Waals surface area (Å²) in [5.41, 5.74) is 2.39. The van der Waals surface area contributed by atoms with Gasteiger partial charge in [0.1, 0.15) is 5.75 Å². The molecule has 3 aromatic rings. The maximum absolute atomic E-state index is 5.15. The van der Waals surface area contributed by atoms with Crippen molar-refractivity contribution in [1.82, 2.24) is 0 Å². The van der Waals surface area contributed by atoms with Crippen molar-refractivity contribution in [2.45, 2.75) is 6.92 Å². The van der Waals surface area contributed by atoms with Gasteiger partial charge < -0.3 is 4.74 Å². The lowest BCUT2D eigenvalue weighted by Gasteiger charge is -1.98. The third-order valence-corrected chi connectivity index (χ3v) is 4.48. The fourth-order valence-corrected chi connectivity index (χ4v) is 3.31. The normalized spacial score (nSPS) is 11.7. The van der Waals surface area contributed by atoms with Gasteiger partial charge in [-0.25, -0.2) is 0 Å². The lowest BCUT2D eigenvalue weighted by molar-refractivity contribution is 0.415. The van der Waals surface area contributed by atoms with E-state index in [1.807, 2.05) is 35.6 Å². The Kier molecular flexibility index (Phi) is 4.40. The molecule has 0 spiro atoms. The topological polar surface area (TPSA) is 9.23 Å². The van der Waals surface area contributed by atoms with Crippen LogP contribution in [0, 0.1) is 6.92 Å². The zero-order chi connectivity index (χ0) is 15.4. The van der Waals surface area contributed by atoms with Gasteiger partial charge >= 0.3 is 0 Å². The Balaban J connectivity index is 1.70. The summed E-state index contributed by atoms with van der Waals surface area (Å²) in [5.74, 6) is 0.882. The molecule has 0 atom stereocenters. The fourth-order valence-electron chi connectivity index (χ4n) is 2.33. The SMILES string of the molecule is COc1ccc(C=CC=Cc2ccc3cc(C)sc3c2)cc1. The zero-order valence-electron chi connectivity index (χ0n) is 12.7. The maximum Gasteiger partial charge on any atom is 0.118 e. The van der Waals surface area contributed by atoms with Crippen molar-refractivity contribution >= 4 is 33.6 Å². The third-order valence-electron chi connectivity index (χ3n) is 3.47. The van der Waals surface area contributed by atoms with E-state index in [1.165, 1.54) is 20.5 Å². The molecule has 0 unspecified atom stereocenters. The Morgan fingerprint density at radius 3 is 2.27 bits per heavy atom. The highest BCUT2D eigenvalue weighted by Crippen LogP contribution is 2.26. The van der Waals surface area contributed by atoms with Crippen molar-refractivity contribution in [1.29, 1.82) is 0 Å². The smallest absolute Gasteiger partial charge is 0.118 e. The lowest BCUT2D eigenvalue weighted by atomic mass is 10.1. The second-order valence-corrected chi connectivity index (χ2v) is 6.43. The first-order chi connectivity index (χ1) is 10.7. The van der Waals surface area contributed by atoms with Crippen molar-refractivity contribution in [2.75, 3.05) is 7.11 Å². The number of fused-ring (bicyclic) bond motifs is 1. The van der Waals surface area contributed by atoms with E-state index in [4.69, 9.17) is 4.74 Å². The second kappa shape index (κ2) is 6.63. The molecule has 0 aliphatic heterocycles. The predicted octanol–water partition coefficient (Wildman–Crippen LogP) is 5.94. The Labute approximate surface area is 135 Å². The maximum atomic E-state index is 5.15. The highest BCUT2D eigenvalue weighted by molar-refractivity contribution is 7.19. The third kappa shape index (κ3) is 3.46. The molecule has 110 valence electrons. The summed E-state index contributed by atoms with van der Waals surface area (Å²) in [5, 5.41) is 1.33. The van der Waals surface area contributed by atoms with Gasteiger partial charge in [-0.2, -0.15) is 0 Å². The number of benzene rings is 2. The van der Waals surface area contributed by atoms with E-state index in [-0.39, 0.29) is 0 Å². The largest absolute Gasteiger partial charge is 0.497 e. The molecular weight excluding hydrogens is 288 g/mol. The van der Waals surface area contributed by atoms with Crippen molar-refractivity contribution < 1.29 is 4.74 Å². The van der Waals surface area contributed by atoms with Crippen LogP contribution >= 0.6 is 11.3 Å². The molecule has 0 amide bonds. The molecule has 0 saturated carbocycles. The van der Waals surface area contributed by atoms with Crippen LogP contribution in [-0.2, 0) is 0 Å². The van der Waals surface area contributed by atoms with Crippen LogP contribution < -0.4 is 4.74 Å². The van der Waals surface area contributed by atoms with Crippen LogP contribution in [0.15, 0.2) is 60.7 Å². The van der Waals surface area contributed by atoms with Gasteiger partial charge in [0.25, 0.3) is 0 Å². The van der Waals surface area contributed by atoms with Crippen LogP contribution in [0.25, 0.3) is 22.2 Å². The minimum Gasteiger partial charge on any atom is -0.497 e. The van der Waals surface area contributed by atoms with E-state index in [0.29, 0.717) is 0 Å². The van der Waals surface area contributed by atoms with Crippen LogP contribution in [0.1, 0.15) is 16.0 Å². The molecule has 3 rings (SSSR count). The molecule has 0 saturated heterocycles. The number of thiophene rings is 1. The molecule has 0 aliphatic rings. The number of allylic oxidation sites excluding steroid dienone is 2. The first kappa shape index (κ1) is 14.6. The van der Waals surface area contributed by atoms with Gasteiger partial charge in [-0.3, -0.25) is 0 Å². The van der Waals surface area contributed by atoms with E-state index in [1.54, 1.807) is 7.11 Å². The molecule has 0 aliphatic carbocycles. The molecule has 22 heavy (non-hydrogen) atoms. The summed E-state index contributed by atoms with van der Waals surface area (Å²) >= 11 is 1.84. The van der Waals surface area contributed by atoms with E-state index < -0.39 is 0 Å². The lowest BCUT2D eigenvalue weighted by Crippen LogP contribution is -1.81. The Morgan fingerprint density at radius 2 is 1.55 bits per heavy atom. The predicted molar refractivity (Wildman–Crippen MR) is 97.6 cm³/mol. The monoisotopic (exact) mass is 306 g/mol. The number of rotatable bonds is 4. The van der Waals surface area contributed by atoms with Gasteiger partial charge in [-0.05, 0) is 47.7 Å². The average Bonchev–Trinajstić information content (AvgIpc) is 2.91. The van der Waals surface area contributed by atoms with Crippen LogP contribution in [-0.4, -0.2) is 7.11 Å². The van der Waals surface area contributed by atoms with Crippen molar-refractivity contribution in [2.24, 2.45) is 0 Å². The Morgan fingerprint density at radius 1 is 0.864 bits per heavy atom. The van der Waals surface area contributed by atoms with Crippen molar-refractivity contribution in [3.8, 4) is 5.75 Å². The van der Waals surface area contributed by atoms with Gasteiger partial charge in [0.2, 0.25) is 0 Å². The zero-order valence-corrected chi connectivity index (χ0v) is 13.6. The fraction of sp³-hybridized carbons (Fsp3) is 0.100. The molecule has 0 N–H and O–H groups in total. The summed E-state index contributed by atoms with van der Waals surface area (Å²) in [6.45, 7) is 2.15. The standard InChI is InChI=1S/C20H18OS/c1-15-13-18-10-7-17(14-20(18)22-15)6-4-3-5-16-8-11-19(21-2)12-9-16/h3-14H,1-2H3.